The average molecular weight is 300 g/mol. The molecule has 6 nitrogen and oxygen atoms in total. The van der Waals surface area contributed by atoms with Crippen LogP contribution in [0, 0.1) is 12.3 Å². The van der Waals surface area contributed by atoms with Crippen molar-refractivity contribution >= 4 is 5.91 Å². The molecule has 3 heterocycles. The van der Waals surface area contributed by atoms with Crippen molar-refractivity contribution in [2.45, 2.75) is 50.1 Å². The van der Waals surface area contributed by atoms with Crippen molar-refractivity contribution < 1.29 is 9.21 Å². The Bertz CT molecular complexity index is 574. The Kier molecular flexibility index (Phi) is 4.23. The molecule has 0 bridgehead atoms. The van der Waals surface area contributed by atoms with E-state index in [0.717, 1.165) is 38.2 Å². The van der Waals surface area contributed by atoms with Gasteiger partial charge in [-0.2, -0.15) is 10.2 Å². The van der Waals surface area contributed by atoms with Gasteiger partial charge in [0.25, 0.3) is 0 Å². The zero-order valence-electron chi connectivity index (χ0n) is 12.6. The third-order valence-corrected chi connectivity index (χ3v) is 4.44. The van der Waals surface area contributed by atoms with E-state index < -0.39 is 0 Å². The van der Waals surface area contributed by atoms with Crippen molar-refractivity contribution in [3.63, 3.8) is 0 Å². The second-order valence-electron chi connectivity index (χ2n) is 5.91. The van der Waals surface area contributed by atoms with Crippen LogP contribution < -0.4 is 0 Å². The highest BCUT2D eigenvalue weighted by molar-refractivity contribution is 5.76. The molecular formula is C16H20N4O2. The first-order valence-corrected chi connectivity index (χ1v) is 7.77. The maximum absolute atomic E-state index is 12.3. The Morgan fingerprint density at radius 1 is 1.41 bits per heavy atom. The monoisotopic (exact) mass is 300 g/mol. The Balaban J connectivity index is 1.42. The van der Waals surface area contributed by atoms with E-state index in [9.17, 15) is 4.79 Å². The Morgan fingerprint density at radius 2 is 2.18 bits per heavy atom. The molecule has 116 valence electrons. The first kappa shape index (κ1) is 14.8. The van der Waals surface area contributed by atoms with E-state index in [2.05, 4.69) is 21.1 Å². The van der Waals surface area contributed by atoms with Crippen LogP contribution in [0.5, 0.6) is 0 Å². The summed E-state index contributed by atoms with van der Waals surface area (Å²) in [5.41, 5.74) is -0.363. The summed E-state index contributed by atoms with van der Waals surface area (Å²) >= 11 is 0. The van der Waals surface area contributed by atoms with Crippen molar-refractivity contribution in [2.24, 2.45) is 10.2 Å². The van der Waals surface area contributed by atoms with Gasteiger partial charge in [0.15, 0.2) is 11.6 Å². The van der Waals surface area contributed by atoms with E-state index in [1.54, 1.807) is 12.5 Å². The standard InChI is InChI=1S/C16H20N4O2/c1-2-3-7-16(18-19-16)8-4-14(21)20-10-5-13(6-11-20)15-17-9-12-22-15/h1,9,12-13H,3-8,10-11H2. The van der Waals surface area contributed by atoms with Crippen molar-refractivity contribution in [1.29, 1.82) is 0 Å². The number of likely N-dealkylation sites (tertiary alicyclic amines) is 1. The summed E-state index contributed by atoms with van der Waals surface area (Å²) in [6, 6.07) is 0. The highest BCUT2D eigenvalue weighted by atomic mass is 16.3. The molecule has 1 aromatic heterocycles. The van der Waals surface area contributed by atoms with Crippen LogP contribution in [0.15, 0.2) is 27.1 Å². The molecule has 0 aromatic carbocycles. The van der Waals surface area contributed by atoms with Gasteiger partial charge in [0.05, 0.1) is 6.20 Å². The molecule has 6 heteroatoms. The molecular weight excluding hydrogens is 280 g/mol. The minimum absolute atomic E-state index is 0.184. The molecule has 0 atom stereocenters. The Morgan fingerprint density at radius 3 is 2.77 bits per heavy atom. The van der Waals surface area contributed by atoms with Crippen molar-refractivity contribution in [3.05, 3.63) is 18.4 Å². The lowest BCUT2D eigenvalue weighted by Gasteiger charge is -2.30. The van der Waals surface area contributed by atoms with Gasteiger partial charge in [-0.15, -0.1) is 12.3 Å². The predicted octanol–water partition coefficient (Wildman–Crippen LogP) is 2.74. The highest BCUT2D eigenvalue weighted by Gasteiger charge is 2.39. The zero-order valence-corrected chi connectivity index (χ0v) is 12.6. The van der Waals surface area contributed by atoms with Crippen molar-refractivity contribution in [2.75, 3.05) is 13.1 Å². The lowest BCUT2D eigenvalue weighted by atomic mass is 9.96. The molecule has 1 fully saturated rings. The second kappa shape index (κ2) is 6.30. The molecule has 2 aliphatic rings. The molecule has 0 unspecified atom stereocenters. The summed E-state index contributed by atoms with van der Waals surface area (Å²) in [6.07, 6.45) is 12.9. The van der Waals surface area contributed by atoms with Crippen LogP contribution in [0.2, 0.25) is 0 Å². The van der Waals surface area contributed by atoms with Gasteiger partial charge in [0.2, 0.25) is 5.91 Å². The van der Waals surface area contributed by atoms with Gasteiger partial charge in [-0.1, -0.05) is 0 Å². The lowest BCUT2D eigenvalue weighted by molar-refractivity contribution is -0.132. The number of carbonyl (C=O) groups is 1. The topological polar surface area (TPSA) is 71.1 Å². The van der Waals surface area contributed by atoms with Crippen LogP contribution in [0.4, 0.5) is 0 Å². The number of carbonyl (C=O) groups excluding carboxylic acids is 1. The molecule has 1 saturated heterocycles. The molecule has 2 aliphatic heterocycles. The molecule has 0 aliphatic carbocycles. The van der Waals surface area contributed by atoms with Crippen LogP contribution >= 0.6 is 0 Å². The van der Waals surface area contributed by atoms with E-state index in [4.69, 9.17) is 10.8 Å². The smallest absolute Gasteiger partial charge is 0.222 e. The van der Waals surface area contributed by atoms with Crippen LogP contribution in [0.3, 0.4) is 0 Å². The highest BCUT2D eigenvalue weighted by Crippen LogP contribution is 2.38. The van der Waals surface area contributed by atoms with Gasteiger partial charge in [-0.05, 0) is 12.8 Å². The number of amides is 1. The molecule has 1 amide bonds. The summed E-state index contributed by atoms with van der Waals surface area (Å²) in [5, 5.41) is 8.14. The fourth-order valence-electron chi connectivity index (χ4n) is 2.95. The van der Waals surface area contributed by atoms with E-state index in [0.29, 0.717) is 25.2 Å². The van der Waals surface area contributed by atoms with E-state index in [-0.39, 0.29) is 11.6 Å². The zero-order chi connectivity index (χ0) is 15.4. The maximum Gasteiger partial charge on any atom is 0.222 e. The molecule has 22 heavy (non-hydrogen) atoms. The van der Waals surface area contributed by atoms with Crippen LogP contribution in [-0.4, -0.2) is 34.5 Å². The first-order chi connectivity index (χ1) is 10.7. The predicted molar refractivity (Wildman–Crippen MR) is 79.9 cm³/mol. The van der Waals surface area contributed by atoms with E-state index in [1.165, 1.54) is 0 Å². The minimum Gasteiger partial charge on any atom is -0.449 e. The number of hydrogen-bond acceptors (Lipinski definition) is 5. The SMILES string of the molecule is C#CCCC1(CCC(=O)N2CCC(c3ncco3)CC2)N=N1. The summed E-state index contributed by atoms with van der Waals surface area (Å²) in [4.78, 5) is 18.4. The third-order valence-electron chi connectivity index (χ3n) is 4.44. The summed E-state index contributed by atoms with van der Waals surface area (Å²) in [7, 11) is 0. The van der Waals surface area contributed by atoms with Crippen LogP contribution in [-0.2, 0) is 4.79 Å². The molecule has 0 radical (unpaired) electrons. The lowest BCUT2D eigenvalue weighted by Crippen LogP contribution is -2.38. The quantitative estimate of drug-likeness (QED) is 0.758. The largest absolute Gasteiger partial charge is 0.449 e. The summed E-state index contributed by atoms with van der Waals surface area (Å²) in [6.45, 7) is 1.52. The molecule has 1 aromatic rings. The Labute approximate surface area is 130 Å². The summed E-state index contributed by atoms with van der Waals surface area (Å²) < 4.78 is 5.35. The average Bonchev–Trinajstić information content (AvgIpc) is 3.11. The minimum atomic E-state index is -0.363. The van der Waals surface area contributed by atoms with E-state index in [1.807, 2.05) is 4.90 Å². The fraction of sp³-hybridized carbons (Fsp3) is 0.625. The van der Waals surface area contributed by atoms with Gasteiger partial charge in [0, 0.05) is 44.7 Å². The van der Waals surface area contributed by atoms with Gasteiger partial charge >= 0.3 is 0 Å². The van der Waals surface area contributed by atoms with Gasteiger partial charge < -0.3 is 9.32 Å². The number of hydrogen-bond donors (Lipinski definition) is 0. The van der Waals surface area contributed by atoms with Crippen molar-refractivity contribution in [3.8, 4) is 12.3 Å². The van der Waals surface area contributed by atoms with Crippen LogP contribution in [0.1, 0.15) is 50.3 Å². The first-order valence-electron chi connectivity index (χ1n) is 7.77. The van der Waals surface area contributed by atoms with Gasteiger partial charge in [0.1, 0.15) is 6.26 Å². The molecule has 0 spiro atoms. The molecule has 0 N–H and O–H groups in total. The normalized spacial score (nSPS) is 19.9. The Hall–Kier alpha value is -2.16. The maximum atomic E-state index is 12.3. The molecule has 3 rings (SSSR count). The van der Waals surface area contributed by atoms with Crippen molar-refractivity contribution in [1.82, 2.24) is 9.88 Å². The summed E-state index contributed by atoms with van der Waals surface area (Å²) in [5.74, 6) is 3.90. The second-order valence-corrected chi connectivity index (χ2v) is 5.91. The van der Waals surface area contributed by atoms with Gasteiger partial charge in [-0.25, -0.2) is 4.98 Å². The number of nitrogens with zero attached hydrogens (tertiary/aromatic N) is 4. The number of aromatic nitrogens is 1. The number of rotatable bonds is 6. The molecule has 0 saturated carbocycles. The third kappa shape index (κ3) is 3.35. The van der Waals surface area contributed by atoms with Gasteiger partial charge in [-0.3, -0.25) is 4.79 Å². The number of piperidine rings is 1. The fourth-order valence-corrected chi connectivity index (χ4v) is 2.95. The van der Waals surface area contributed by atoms with E-state index >= 15 is 0 Å². The number of oxazole rings is 1. The number of terminal acetylenes is 1. The van der Waals surface area contributed by atoms with Crippen LogP contribution in [0.25, 0.3) is 0 Å².